The van der Waals surface area contributed by atoms with Crippen LogP contribution >= 0.6 is 11.3 Å². The SMILES string of the molecule is CC(C)C(=O)C(C#N)=Cc1csc(-c2ccccc2)n1. The molecule has 0 saturated carbocycles. The summed E-state index contributed by atoms with van der Waals surface area (Å²) in [7, 11) is 0. The minimum atomic E-state index is -0.187. The molecule has 0 atom stereocenters. The molecule has 0 unspecified atom stereocenters. The molecule has 2 rings (SSSR count). The van der Waals surface area contributed by atoms with E-state index in [1.165, 1.54) is 11.3 Å². The van der Waals surface area contributed by atoms with Gasteiger partial charge in [0.1, 0.15) is 11.1 Å². The number of nitriles is 1. The number of allylic oxidation sites excluding steroid dienone is 1. The summed E-state index contributed by atoms with van der Waals surface area (Å²) >= 11 is 1.50. The number of benzene rings is 1. The van der Waals surface area contributed by atoms with Crippen LogP contribution in [0.5, 0.6) is 0 Å². The zero-order chi connectivity index (χ0) is 14.5. The van der Waals surface area contributed by atoms with Gasteiger partial charge in [0.15, 0.2) is 5.78 Å². The molecular formula is C16H14N2OS. The Bertz CT molecular complexity index is 678. The van der Waals surface area contributed by atoms with E-state index in [-0.39, 0.29) is 17.3 Å². The predicted molar refractivity (Wildman–Crippen MR) is 81.0 cm³/mol. The first-order valence-electron chi connectivity index (χ1n) is 6.28. The molecule has 1 heterocycles. The van der Waals surface area contributed by atoms with Gasteiger partial charge in [0.25, 0.3) is 0 Å². The van der Waals surface area contributed by atoms with E-state index < -0.39 is 0 Å². The van der Waals surface area contributed by atoms with Crippen LogP contribution in [0.2, 0.25) is 0 Å². The van der Waals surface area contributed by atoms with Gasteiger partial charge in [0.2, 0.25) is 0 Å². The van der Waals surface area contributed by atoms with E-state index in [0.717, 1.165) is 10.6 Å². The van der Waals surface area contributed by atoms with Gasteiger partial charge in [-0.3, -0.25) is 4.79 Å². The second kappa shape index (κ2) is 6.27. The Labute approximate surface area is 122 Å². The van der Waals surface area contributed by atoms with Crippen LogP contribution in [0.25, 0.3) is 16.6 Å². The lowest BCUT2D eigenvalue weighted by Gasteiger charge is -2.00. The van der Waals surface area contributed by atoms with Crippen molar-refractivity contribution in [1.29, 1.82) is 5.26 Å². The average Bonchev–Trinajstić information content (AvgIpc) is 2.93. The molecule has 0 spiro atoms. The monoisotopic (exact) mass is 282 g/mol. The maximum atomic E-state index is 11.8. The largest absolute Gasteiger partial charge is 0.293 e. The summed E-state index contributed by atoms with van der Waals surface area (Å²) in [5.41, 5.74) is 1.84. The van der Waals surface area contributed by atoms with Crippen molar-refractivity contribution in [1.82, 2.24) is 4.98 Å². The van der Waals surface area contributed by atoms with Crippen LogP contribution in [0.1, 0.15) is 19.5 Å². The van der Waals surface area contributed by atoms with E-state index in [1.54, 1.807) is 19.9 Å². The molecule has 4 heteroatoms. The van der Waals surface area contributed by atoms with Crippen LogP contribution in [0.15, 0.2) is 41.3 Å². The lowest BCUT2D eigenvalue weighted by Crippen LogP contribution is -2.08. The van der Waals surface area contributed by atoms with Crippen LogP contribution in [0, 0.1) is 17.2 Å². The van der Waals surface area contributed by atoms with Crippen LogP contribution in [0.3, 0.4) is 0 Å². The van der Waals surface area contributed by atoms with E-state index in [4.69, 9.17) is 5.26 Å². The van der Waals surface area contributed by atoms with Gasteiger partial charge >= 0.3 is 0 Å². The molecule has 0 aliphatic carbocycles. The third kappa shape index (κ3) is 3.19. The van der Waals surface area contributed by atoms with E-state index in [1.807, 2.05) is 41.8 Å². The standard InChI is InChI=1S/C16H14N2OS/c1-11(2)15(19)13(9-17)8-14-10-20-16(18-14)12-6-4-3-5-7-12/h3-8,10-11H,1-2H3. The molecule has 0 amide bonds. The first kappa shape index (κ1) is 14.2. The molecule has 0 fully saturated rings. The van der Waals surface area contributed by atoms with Gasteiger partial charge in [0, 0.05) is 16.9 Å². The highest BCUT2D eigenvalue weighted by molar-refractivity contribution is 7.13. The van der Waals surface area contributed by atoms with Gasteiger partial charge in [-0.05, 0) is 6.08 Å². The van der Waals surface area contributed by atoms with Crippen LogP contribution in [0.4, 0.5) is 0 Å². The van der Waals surface area contributed by atoms with Gasteiger partial charge in [-0.1, -0.05) is 44.2 Å². The van der Waals surface area contributed by atoms with E-state index in [2.05, 4.69) is 4.98 Å². The Hall–Kier alpha value is -2.25. The number of nitrogens with zero attached hydrogens (tertiary/aromatic N) is 2. The summed E-state index contributed by atoms with van der Waals surface area (Å²) in [6.07, 6.45) is 1.56. The molecule has 2 aromatic rings. The smallest absolute Gasteiger partial charge is 0.175 e. The van der Waals surface area contributed by atoms with Crippen molar-refractivity contribution >= 4 is 23.2 Å². The number of hydrogen-bond donors (Lipinski definition) is 0. The maximum absolute atomic E-state index is 11.8. The van der Waals surface area contributed by atoms with Crippen molar-refractivity contribution < 1.29 is 4.79 Å². The molecule has 1 aromatic heterocycles. The maximum Gasteiger partial charge on any atom is 0.175 e. The lowest BCUT2D eigenvalue weighted by molar-refractivity contribution is -0.117. The zero-order valence-electron chi connectivity index (χ0n) is 11.3. The summed E-state index contributed by atoms with van der Waals surface area (Å²) in [5, 5.41) is 11.8. The second-order valence-corrected chi connectivity index (χ2v) is 5.49. The first-order chi connectivity index (χ1) is 9.61. The van der Waals surface area contributed by atoms with Gasteiger partial charge in [-0.2, -0.15) is 5.26 Å². The summed E-state index contributed by atoms with van der Waals surface area (Å²) < 4.78 is 0. The van der Waals surface area contributed by atoms with Gasteiger partial charge in [-0.15, -0.1) is 11.3 Å². The Kier molecular flexibility index (Phi) is 4.44. The number of hydrogen-bond acceptors (Lipinski definition) is 4. The fourth-order valence-corrected chi connectivity index (χ4v) is 2.47. The van der Waals surface area contributed by atoms with Crippen molar-refractivity contribution in [3.05, 3.63) is 47.0 Å². The van der Waals surface area contributed by atoms with Crippen LogP contribution in [-0.2, 0) is 4.79 Å². The molecule has 1 aromatic carbocycles. The van der Waals surface area contributed by atoms with Gasteiger partial charge in [0.05, 0.1) is 11.3 Å². The number of carbonyl (C=O) groups excluding carboxylic acids is 1. The summed E-state index contributed by atoms with van der Waals surface area (Å²) in [4.78, 5) is 16.3. The molecule has 0 aliphatic heterocycles. The predicted octanol–water partition coefficient (Wildman–Crippen LogP) is 3.94. The van der Waals surface area contributed by atoms with E-state index in [9.17, 15) is 4.79 Å². The van der Waals surface area contributed by atoms with Crippen molar-refractivity contribution in [2.45, 2.75) is 13.8 Å². The fraction of sp³-hybridized carbons (Fsp3) is 0.188. The Balaban J connectivity index is 2.30. The highest BCUT2D eigenvalue weighted by Crippen LogP contribution is 2.24. The molecule has 20 heavy (non-hydrogen) atoms. The molecule has 0 bridgehead atoms. The Morgan fingerprint density at radius 3 is 2.65 bits per heavy atom. The normalized spacial score (nSPS) is 11.4. The van der Waals surface area contributed by atoms with Crippen molar-refractivity contribution in [3.8, 4) is 16.6 Å². The molecule has 0 N–H and O–H groups in total. The fourth-order valence-electron chi connectivity index (χ4n) is 1.68. The summed E-state index contributed by atoms with van der Waals surface area (Å²) in [6.45, 7) is 3.56. The van der Waals surface area contributed by atoms with E-state index >= 15 is 0 Å². The number of rotatable bonds is 4. The second-order valence-electron chi connectivity index (χ2n) is 4.63. The number of ketones is 1. The Morgan fingerprint density at radius 1 is 1.35 bits per heavy atom. The highest BCUT2D eigenvalue weighted by Gasteiger charge is 2.14. The number of carbonyl (C=O) groups is 1. The summed E-state index contributed by atoms with van der Waals surface area (Å²) in [6, 6.07) is 11.8. The van der Waals surface area contributed by atoms with E-state index in [0.29, 0.717) is 5.69 Å². The summed E-state index contributed by atoms with van der Waals surface area (Å²) in [5.74, 6) is -0.338. The van der Waals surface area contributed by atoms with Crippen molar-refractivity contribution in [2.75, 3.05) is 0 Å². The topological polar surface area (TPSA) is 53.8 Å². The molecular weight excluding hydrogens is 268 g/mol. The van der Waals surface area contributed by atoms with Crippen LogP contribution in [-0.4, -0.2) is 10.8 Å². The molecule has 3 nitrogen and oxygen atoms in total. The number of Topliss-reactive ketones (excluding diaryl/α,β-unsaturated/α-hetero) is 1. The third-order valence-electron chi connectivity index (χ3n) is 2.75. The van der Waals surface area contributed by atoms with Crippen molar-refractivity contribution in [3.63, 3.8) is 0 Å². The molecule has 0 saturated heterocycles. The van der Waals surface area contributed by atoms with Gasteiger partial charge < -0.3 is 0 Å². The van der Waals surface area contributed by atoms with Gasteiger partial charge in [-0.25, -0.2) is 4.98 Å². The van der Waals surface area contributed by atoms with Crippen LogP contribution < -0.4 is 0 Å². The minimum Gasteiger partial charge on any atom is -0.293 e. The number of aromatic nitrogens is 1. The number of thiazole rings is 1. The molecule has 0 aliphatic rings. The third-order valence-corrected chi connectivity index (χ3v) is 3.65. The zero-order valence-corrected chi connectivity index (χ0v) is 12.1. The highest BCUT2D eigenvalue weighted by atomic mass is 32.1. The quantitative estimate of drug-likeness (QED) is 0.630. The lowest BCUT2D eigenvalue weighted by atomic mass is 10.0. The average molecular weight is 282 g/mol. The first-order valence-corrected chi connectivity index (χ1v) is 7.16. The molecule has 100 valence electrons. The Morgan fingerprint density at radius 2 is 2.05 bits per heavy atom. The molecule has 0 radical (unpaired) electrons. The van der Waals surface area contributed by atoms with Crippen molar-refractivity contribution in [2.24, 2.45) is 5.92 Å². The minimum absolute atomic E-state index is 0.151.